The third kappa shape index (κ3) is 3.56. The third-order valence-corrected chi connectivity index (χ3v) is 7.87. The lowest BCUT2D eigenvalue weighted by atomic mass is 9.55. The molecule has 1 fully saturated rings. The fourth-order valence-electron chi connectivity index (χ4n) is 6.48. The molecular weight excluding hydrogens is 486 g/mol. The number of rotatable bonds is 6. The number of aromatic nitrogens is 1. The van der Waals surface area contributed by atoms with E-state index in [4.69, 9.17) is 9.26 Å². The van der Waals surface area contributed by atoms with Crippen LogP contribution in [0.3, 0.4) is 0 Å². The molecule has 0 unspecified atom stereocenters. The maximum absolute atomic E-state index is 14.0. The van der Waals surface area contributed by atoms with E-state index in [9.17, 15) is 19.2 Å². The normalized spacial score (nSPS) is 23.6. The van der Waals surface area contributed by atoms with Crippen LogP contribution in [0.25, 0.3) is 0 Å². The molecule has 3 atom stereocenters. The third-order valence-electron chi connectivity index (χ3n) is 7.87. The van der Waals surface area contributed by atoms with Crippen LogP contribution in [-0.2, 0) is 23.9 Å². The fourth-order valence-corrected chi connectivity index (χ4v) is 6.48. The van der Waals surface area contributed by atoms with Gasteiger partial charge in [-0.15, -0.1) is 0 Å². The van der Waals surface area contributed by atoms with Gasteiger partial charge in [-0.25, -0.2) is 4.79 Å². The van der Waals surface area contributed by atoms with Gasteiger partial charge >= 0.3 is 5.97 Å². The Morgan fingerprint density at radius 1 is 0.947 bits per heavy atom. The minimum Gasteiger partial charge on any atom is -0.454 e. The highest BCUT2D eigenvalue weighted by Gasteiger charge is 2.63. The summed E-state index contributed by atoms with van der Waals surface area (Å²) in [5, 5.41) is 6.17. The number of aryl methyl sites for hydroxylation is 1. The second-order valence-corrected chi connectivity index (χ2v) is 10.5. The van der Waals surface area contributed by atoms with Gasteiger partial charge in [0.15, 0.2) is 12.4 Å². The predicted molar refractivity (Wildman–Crippen MR) is 135 cm³/mol. The van der Waals surface area contributed by atoms with E-state index < -0.39 is 42.3 Å². The molecule has 4 aliphatic rings. The summed E-state index contributed by atoms with van der Waals surface area (Å²) in [6.45, 7) is 4.61. The smallest absolute Gasteiger partial charge is 0.330 e. The van der Waals surface area contributed by atoms with Crippen LogP contribution in [0.5, 0.6) is 0 Å². The molecule has 1 saturated heterocycles. The Hall–Kier alpha value is -4.27. The first-order chi connectivity index (χ1) is 18.3. The number of hydrogen-bond acceptors (Lipinski definition) is 7. The highest BCUT2D eigenvalue weighted by atomic mass is 16.5. The SMILES string of the molecule is Cc1cc(NC(=O)COC(=O)[C@H](C(C)C)N2C(=O)[C@@H]3C4c5ccccc5C(c5ccccc54)[C@H]3C2=O)no1. The molecule has 9 heteroatoms. The van der Waals surface area contributed by atoms with Crippen molar-refractivity contribution in [3.05, 3.63) is 82.6 Å². The number of nitrogens with zero attached hydrogens (tertiary/aromatic N) is 2. The molecule has 2 bridgehead atoms. The van der Waals surface area contributed by atoms with Crippen LogP contribution in [0.15, 0.2) is 59.1 Å². The summed E-state index contributed by atoms with van der Waals surface area (Å²) >= 11 is 0. The monoisotopic (exact) mass is 513 g/mol. The van der Waals surface area contributed by atoms with Crippen molar-refractivity contribution in [2.45, 2.75) is 38.6 Å². The number of anilines is 1. The van der Waals surface area contributed by atoms with Gasteiger partial charge in [0.2, 0.25) is 11.8 Å². The van der Waals surface area contributed by atoms with Crippen LogP contribution in [0.4, 0.5) is 5.82 Å². The van der Waals surface area contributed by atoms with Crippen LogP contribution in [-0.4, -0.2) is 46.4 Å². The Bertz CT molecular complexity index is 1360. The van der Waals surface area contributed by atoms with Gasteiger partial charge in [0.25, 0.3) is 5.91 Å². The van der Waals surface area contributed by atoms with Crippen molar-refractivity contribution in [2.75, 3.05) is 11.9 Å². The standard InChI is InChI=1S/C29H27N3O6/c1-14(2)26(29(36)37-13-21(33)30-20-12-15(3)38-31-20)32-27(34)24-22-16-8-4-5-9-17(16)23(25(24)28(32)35)19-11-7-6-10-18(19)22/h4-12,14,22-26H,13H2,1-3H3,(H,30,31,33)/t22?,23?,24-,25-,26+/m1/s1. The van der Waals surface area contributed by atoms with E-state index in [1.165, 1.54) is 6.07 Å². The number of ether oxygens (including phenoxy) is 1. The highest BCUT2D eigenvalue weighted by molar-refractivity contribution is 6.10. The molecule has 2 aromatic carbocycles. The van der Waals surface area contributed by atoms with Crippen LogP contribution in [0, 0.1) is 24.7 Å². The Morgan fingerprint density at radius 3 is 1.87 bits per heavy atom. The van der Waals surface area contributed by atoms with Gasteiger partial charge in [0, 0.05) is 17.9 Å². The van der Waals surface area contributed by atoms with Crippen molar-refractivity contribution in [1.29, 1.82) is 0 Å². The number of carbonyl (C=O) groups excluding carboxylic acids is 4. The van der Waals surface area contributed by atoms with Crippen LogP contribution in [0.1, 0.15) is 53.7 Å². The maximum atomic E-state index is 14.0. The number of imide groups is 1. The maximum Gasteiger partial charge on any atom is 0.330 e. The number of likely N-dealkylation sites (tertiary alicyclic amines) is 1. The average molecular weight is 514 g/mol. The summed E-state index contributed by atoms with van der Waals surface area (Å²) in [6.07, 6.45) is 0. The van der Waals surface area contributed by atoms with E-state index in [2.05, 4.69) is 10.5 Å². The Kier molecular flexibility index (Phi) is 5.66. The van der Waals surface area contributed by atoms with Crippen molar-refractivity contribution in [3.63, 3.8) is 0 Å². The fraction of sp³-hybridized carbons (Fsp3) is 0.345. The summed E-state index contributed by atoms with van der Waals surface area (Å²) in [7, 11) is 0. The van der Waals surface area contributed by atoms with Crippen molar-refractivity contribution >= 4 is 29.5 Å². The largest absolute Gasteiger partial charge is 0.454 e. The minimum atomic E-state index is -1.15. The van der Waals surface area contributed by atoms with Crippen LogP contribution < -0.4 is 5.32 Å². The Balaban J connectivity index is 1.28. The van der Waals surface area contributed by atoms with E-state index >= 15 is 0 Å². The molecule has 1 aromatic heterocycles. The second kappa shape index (κ2) is 8.93. The number of amides is 3. The average Bonchev–Trinajstić information content (AvgIpc) is 3.43. The summed E-state index contributed by atoms with van der Waals surface area (Å²) < 4.78 is 10.2. The molecular formula is C29H27N3O6. The minimum absolute atomic E-state index is 0.201. The first-order valence-corrected chi connectivity index (χ1v) is 12.7. The lowest BCUT2D eigenvalue weighted by Gasteiger charge is -2.45. The van der Waals surface area contributed by atoms with Gasteiger partial charge in [-0.1, -0.05) is 67.5 Å². The topological polar surface area (TPSA) is 119 Å². The predicted octanol–water partition coefficient (Wildman–Crippen LogP) is 3.38. The molecule has 0 spiro atoms. The Morgan fingerprint density at radius 2 is 1.45 bits per heavy atom. The first kappa shape index (κ1) is 24.1. The molecule has 0 saturated carbocycles. The van der Waals surface area contributed by atoms with Gasteiger partial charge in [0.1, 0.15) is 11.8 Å². The number of benzene rings is 2. The Labute approximate surface area is 219 Å². The number of hydrogen-bond donors (Lipinski definition) is 1. The van der Waals surface area contributed by atoms with E-state index in [0.29, 0.717) is 5.76 Å². The summed E-state index contributed by atoms with van der Waals surface area (Å²) in [4.78, 5) is 54.7. The zero-order chi connectivity index (χ0) is 26.7. The first-order valence-electron chi connectivity index (χ1n) is 12.7. The van der Waals surface area contributed by atoms with Crippen molar-refractivity contribution < 1.29 is 28.4 Å². The van der Waals surface area contributed by atoms with Gasteiger partial charge in [-0.05, 0) is 35.1 Å². The lowest BCUT2D eigenvalue weighted by Crippen LogP contribution is -2.49. The molecule has 0 radical (unpaired) electrons. The second-order valence-electron chi connectivity index (χ2n) is 10.5. The van der Waals surface area contributed by atoms with E-state index in [1.807, 2.05) is 48.5 Å². The van der Waals surface area contributed by atoms with Gasteiger partial charge in [-0.2, -0.15) is 0 Å². The molecule has 2 heterocycles. The molecule has 7 rings (SSSR count). The summed E-state index contributed by atoms with van der Waals surface area (Å²) in [5.41, 5.74) is 4.24. The number of carbonyl (C=O) groups is 4. The van der Waals surface area contributed by atoms with E-state index in [0.717, 1.165) is 27.2 Å². The molecule has 3 amide bonds. The van der Waals surface area contributed by atoms with E-state index in [-0.39, 0.29) is 29.5 Å². The number of esters is 1. The molecule has 9 nitrogen and oxygen atoms in total. The highest BCUT2D eigenvalue weighted by Crippen LogP contribution is 2.61. The quantitative estimate of drug-likeness (QED) is 0.396. The molecule has 3 aromatic rings. The van der Waals surface area contributed by atoms with Crippen LogP contribution in [0.2, 0.25) is 0 Å². The van der Waals surface area contributed by atoms with Crippen molar-refractivity contribution in [1.82, 2.24) is 10.1 Å². The molecule has 38 heavy (non-hydrogen) atoms. The number of nitrogens with one attached hydrogen (secondary N) is 1. The lowest BCUT2D eigenvalue weighted by molar-refractivity contribution is -0.162. The molecule has 3 aliphatic carbocycles. The molecule has 194 valence electrons. The van der Waals surface area contributed by atoms with Crippen molar-refractivity contribution in [2.24, 2.45) is 17.8 Å². The zero-order valence-electron chi connectivity index (χ0n) is 21.2. The van der Waals surface area contributed by atoms with E-state index in [1.54, 1.807) is 20.8 Å². The van der Waals surface area contributed by atoms with Crippen molar-refractivity contribution in [3.8, 4) is 0 Å². The zero-order valence-corrected chi connectivity index (χ0v) is 21.2. The summed E-state index contributed by atoms with van der Waals surface area (Å²) in [6, 6.07) is 16.3. The molecule has 1 N–H and O–H groups in total. The van der Waals surface area contributed by atoms with Crippen LogP contribution >= 0.6 is 0 Å². The summed E-state index contributed by atoms with van der Waals surface area (Å²) in [5.74, 6) is -3.54. The van der Waals surface area contributed by atoms with Gasteiger partial charge in [-0.3, -0.25) is 19.3 Å². The van der Waals surface area contributed by atoms with Gasteiger partial charge in [0.05, 0.1) is 11.8 Å². The molecule has 1 aliphatic heterocycles. The van der Waals surface area contributed by atoms with Gasteiger partial charge < -0.3 is 14.6 Å².